The Kier molecular flexibility index (Phi) is 5.63. The van der Waals surface area contributed by atoms with Gasteiger partial charge in [0.1, 0.15) is 0 Å². The Morgan fingerprint density at radius 3 is 2.62 bits per heavy atom. The summed E-state index contributed by atoms with van der Waals surface area (Å²) < 4.78 is 5.44. The van der Waals surface area contributed by atoms with Crippen molar-refractivity contribution in [2.75, 3.05) is 19.8 Å². The minimum Gasteiger partial charge on any atom is -0.381 e. The first-order valence-corrected chi connectivity index (χ1v) is 9.34. The van der Waals surface area contributed by atoms with Crippen LogP contribution in [0.5, 0.6) is 0 Å². The van der Waals surface area contributed by atoms with Crippen molar-refractivity contribution in [3.63, 3.8) is 0 Å². The molecule has 26 heavy (non-hydrogen) atoms. The monoisotopic (exact) mass is 360 g/mol. The number of likely N-dealkylation sites (tertiary alicyclic amines) is 1. The third-order valence-electron chi connectivity index (χ3n) is 6.00. The van der Waals surface area contributed by atoms with E-state index in [4.69, 9.17) is 9.94 Å². The maximum atomic E-state index is 13.4. The first-order valence-electron chi connectivity index (χ1n) is 9.34. The molecule has 2 heterocycles. The Balaban J connectivity index is 1.84. The summed E-state index contributed by atoms with van der Waals surface area (Å²) >= 11 is 0. The van der Waals surface area contributed by atoms with Crippen molar-refractivity contribution in [3.05, 3.63) is 35.4 Å². The van der Waals surface area contributed by atoms with Crippen molar-refractivity contribution in [2.45, 2.75) is 51.0 Å². The Morgan fingerprint density at radius 2 is 2.00 bits per heavy atom. The topological polar surface area (TPSA) is 78.9 Å². The number of hydrogen-bond acceptors (Lipinski definition) is 4. The molecule has 6 nitrogen and oxygen atoms in total. The first kappa shape index (κ1) is 18.9. The molecule has 0 aromatic heterocycles. The second kappa shape index (κ2) is 7.76. The molecule has 1 aromatic rings. The molecule has 0 aliphatic carbocycles. The van der Waals surface area contributed by atoms with Crippen LogP contribution in [-0.2, 0) is 19.7 Å². The summed E-state index contributed by atoms with van der Waals surface area (Å²) in [6, 6.07) is 7.92. The van der Waals surface area contributed by atoms with Gasteiger partial charge in [-0.1, -0.05) is 29.8 Å². The largest absolute Gasteiger partial charge is 0.381 e. The van der Waals surface area contributed by atoms with Crippen molar-refractivity contribution < 1.29 is 19.5 Å². The van der Waals surface area contributed by atoms with Gasteiger partial charge in [-0.2, -0.15) is 0 Å². The van der Waals surface area contributed by atoms with Crippen LogP contribution < -0.4 is 5.48 Å². The number of benzene rings is 1. The maximum absolute atomic E-state index is 13.4. The van der Waals surface area contributed by atoms with Gasteiger partial charge < -0.3 is 9.64 Å². The molecule has 0 spiro atoms. The Bertz CT molecular complexity index is 654. The van der Waals surface area contributed by atoms with Gasteiger partial charge in [0.05, 0.1) is 5.41 Å². The van der Waals surface area contributed by atoms with Gasteiger partial charge in [0.15, 0.2) is 0 Å². The Hall–Kier alpha value is -1.92. The summed E-state index contributed by atoms with van der Waals surface area (Å²) in [5.74, 6) is -0.160. The maximum Gasteiger partial charge on any atom is 0.245 e. The van der Waals surface area contributed by atoms with Crippen LogP contribution in [0.25, 0.3) is 0 Å². The van der Waals surface area contributed by atoms with Crippen LogP contribution in [-0.4, -0.2) is 47.7 Å². The lowest BCUT2D eigenvalue weighted by molar-refractivity contribution is -0.138. The van der Waals surface area contributed by atoms with E-state index in [0.29, 0.717) is 19.8 Å². The molecule has 2 saturated heterocycles. The third kappa shape index (κ3) is 3.62. The molecule has 142 valence electrons. The van der Waals surface area contributed by atoms with E-state index in [9.17, 15) is 9.59 Å². The highest BCUT2D eigenvalue weighted by Crippen LogP contribution is 2.39. The molecule has 0 bridgehead atoms. The summed E-state index contributed by atoms with van der Waals surface area (Å²) in [6.45, 7) is 5.96. The van der Waals surface area contributed by atoms with Gasteiger partial charge in [-0.15, -0.1) is 0 Å². The van der Waals surface area contributed by atoms with Gasteiger partial charge in [-0.25, -0.2) is 5.48 Å². The second-order valence-corrected chi connectivity index (χ2v) is 7.70. The minimum atomic E-state index is -0.563. The molecular weight excluding hydrogens is 332 g/mol. The highest BCUT2D eigenvalue weighted by atomic mass is 16.5. The fourth-order valence-corrected chi connectivity index (χ4v) is 4.24. The molecule has 2 fully saturated rings. The van der Waals surface area contributed by atoms with E-state index in [-0.39, 0.29) is 24.3 Å². The van der Waals surface area contributed by atoms with Crippen molar-refractivity contribution >= 4 is 11.8 Å². The number of rotatable bonds is 5. The van der Waals surface area contributed by atoms with Gasteiger partial charge in [0, 0.05) is 32.2 Å². The summed E-state index contributed by atoms with van der Waals surface area (Å²) in [6.07, 6.45) is 2.51. The van der Waals surface area contributed by atoms with E-state index in [1.54, 1.807) is 5.48 Å². The lowest BCUT2D eigenvalue weighted by atomic mass is 9.80. The standard InChI is InChI=1S/C20H28N2O4/c1-14-3-5-16(6-4-14)20(2)9-10-22(19(20)24)17(13-18(23)21-25)15-7-11-26-12-8-15/h3-6,15,17,25H,7-13H2,1-2H3,(H,21,23)/t17-,20?/m0/s1. The van der Waals surface area contributed by atoms with E-state index >= 15 is 0 Å². The van der Waals surface area contributed by atoms with E-state index in [1.807, 2.05) is 43.0 Å². The lowest BCUT2D eigenvalue weighted by Crippen LogP contribution is -2.48. The highest BCUT2D eigenvalue weighted by Gasteiger charge is 2.48. The zero-order valence-corrected chi connectivity index (χ0v) is 15.5. The van der Waals surface area contributed by atoms with E-state index in [2.05, 4.69) is 0 Å². The number of amides is 2. The predicted octanol–water partition coefficient (Wildman–Crippen LogP) is 2.18. The number of ether oxygens (including phenoxy) is 1. The zero-order valence-electron chi connectivity index (χ0n) is 15.5. The van der Waals surface area contributed by atoms with E-state index < -0.39 is 11.3 Å². The molecule has 0 radical (unpaired) electrons. The molecule has 3 rings (SSSR count). The van der Waals surface area contributed by atoms with Crippen LogP contribution in [0.15, 0.2) is 24.3 Å². The lowest BCUT2D eigenvalue weighted by Gasteiger charge is -2.37. The average molecular weight is 360 g/mol. The number of carbonyl (C=O) groups is 2. The zero-order chi connectivity index (χ0) is 18.7. The summed E-state index contributed by atoms with van der Waals surface area (Å²) in [4.78, 5) is 27.1. The minimum absolute atomic E-state index is 0.0728. The van der Waals surface area contributed by atoms with E-state index in [0.717, 1.165) is 24.8 Å². The van der Waals surface area contributed by atoms with Gasteiger partial charge in [-0.3, -0.25) is 14.8 Å². The Morgan fingerprint density at radius 1 is 1.35 bits per heavy atom. The molecule has 1 aromatic carbocycles. The van der Waals surface area contributed by atoms with Gasteiger partial charge in [0.2, 0.25) is 11.8 Å². The molecular formula is C20H28N2O4. The van der Waals surface area contributed by atoms with Crippen LogP contribution in [0.1, 0.15) is 43.7 Å². The summed E-state index contributed by atoms with van der Waals surface area (Å²) in [5.41, 5.74) is 3.35. The first-order chi connectivity index (χ1) is 12.5. The molecule has 2 aliphatic rings. The summed E-state index contributed by atoms with van der Waals surface area (Å²) in [5, 5.41) is 8.97. The number of carbonyl (C=O) groups excluding carboxylic acids is 2. The highest BCUT2D eigenvalue weighted by molar-refractivity contribution is 5.90. The van der Waals surface area contributed by atoms with Gasteiger partial charge in [0.25, 0.3) is 0 Å². The van der Waals surface area contributed by atoms with Crippen molar-refractivity contribution in [1.82, 2.24) is 10.4 Å². The number of hydrogen-bond donors (Lipinski definition) is 2. The summed E-state index contributed by atoms with van der Waals surface area (Å²) in [7, 11) is 0. The fourth-order valence-electron chi connectivity index (χ4n) is 4.24. The second-order valence-electron chi connectivity index (χ2n) is 7.70. The van der Waals surface area contributed by atoms with Crippen LogP contribution in [0, 0.1) is 12.8 Å². The van der Waals surface area contributed by atoms with E-state index in [1.165, 1.54) is 5.56 Å². The van der Waals surface area contributed by atoms with Crippen LogP contribution in [0.4, 0.5) is 0 Å². The number of nitrogens with one attached hydrogen (secondary N) is 1. The molecule has 1 unspecified atom stereocenters. The molecule has 0 saturated carbocycles. The molecule has 2 atom stereocenters. The Labute approximate surface area is 154 Å². The van der Waals surface area contributed by atoms with Crippen molar-refractivity contribution in [2.24, 2.45) is 5.92 Å². The van der Waals surface area contributed by atoms with Crippen LogP contribution in [0.2, 0.25) is 0 Å². The smallest absolute Gasteiger partial charge is 0.245 e. The molecule has 6 heteroatoms. The normalized spacial score (nSPS) is 25.3. The van der Waals surface area contributed by atoms with Crippen molar-refractivity contribution in [3.8, 4) is 0 Å². The van der Waals surface area contributed by atoms with Crippen molar-refractivity contribution in [1.29, 1.82) is 0 Å². The molecule has 2 N–H and O–H groups in total. The quantitative estimate of drug-likeness (QED) is 0.623. The molecule has 2 amide bonds. The average Bonchev–Trinajstić information content (AvgIpc) is 2.97. The number of nitrogens with zero attached hydrogens (tertiary/aromatic N) is 1. The molecule has 2 aliphatic heterocycles. The van der Waals surface area contributed by atoms with Crippen LogP contribution in [0.3, 0.4) is 0 Å². The van der Waals surface area contributed by atoms with Crippen LogP contribution >= 0.6 is 0 Å². The fraction of sp³-hybridized carbons (Fsp3) is 0.600. The van der Waals surface area contributed by atoms with Gasteiger partial charge in [-0.05, 0) is 44.6 Å². The SMILES string of the molecule is Cc1ccc(C2(C)CCN([C@@H](CC(=O)NO)C3CCOCC3)C2=O)cc1. The number of hydroxylamine groups is 1. The third-order valence-corrected chi connectivity index (χ3v) is 6.00. The predicted molar refractivity (Wildman–Crippen MR) is 96.7 cm³/mol. The number of aryl methyl sites for hydroxylation is 1. The van der Waals surface area contributed by atoms with Gasteiger partial charge >= 0.3 is 0 Å².